The second kappa shape index (κ2) is 6.99. The van der Waals surface area contributed by atoms with Gasteiger partial charge in [0.2, 0.25) is 0 Å². The third kappa shape index (κ3) is 11.5. The fourth-order valence-corrected chi connectivity index (χ4v) is 1.25. The van der Waals surface area contributed by atoms with Crippen molar-refractivity contribution < 1.29 is 14.9 Å². The molecule has 0 radical (unpaired) electrons. The zero-order valence-corrected chi connectivity index (χ0v) is 10.3. The lowest BCUT2D eigenvalue weighted by Gasteiger charge is -2.17. The van der Waals surface area contributed by atoms with E-state index in [0.29, 0.717) is 12.5 Å². The summed E-state index contributed by atoms with van der Waals surface area (Å²) in [6, 6.07) is 0. The summed E-state index contributed by atoms with van der Waals surface area (Å²) in [6.45, 7) is 7.95. The van der Waals surface area contributed by atoms with Gasteiger partial charge >= 0.3 is 0 Å². The molecule has 0 saturated carbocycles. The number of allylic oxidation sites excluding steroid dienone is 2. The van der Waals surface area contributed by atoms with Gasteiger partial charge in [0.1, 0.15) is 0 Å². The third-order valence-electron chi connectivity index (χ3n) is 2.20. The third-order valence-corrected chi connectivity index (χ3v) is 2.20. The Morgan fingerprint density at radius 3 is 2.40 bits per heavy atom. The van der Waals surface area contributed by atoms with Gasteiger partial charge in [-0.05, 0) is 39.0 Å². The van der Waals surface area contributed by atoms with Crippen molar-refractivity contribution in [3.8, 4) is 0 Å². The first kappa shape index (κ1) is 14.6. The summed E-state index contributed by atoms with van der Waals surface area (Å²) in [5, 5.41) is 17.8. The van der Waals surface area contributed by atoms with E-state index in [0.717, 1.165) is 19.3 Å². The minimum absolute atomic E-state index is 0.388. The smallest absolute Gasteiger partial charge is 0.274 e. The van der Waals surface area contributed by atoms with Gasteiger partial charge in [-0.25, -0.2) is 0 Å². The molecule has 0 saturated heterocycles. The Bertz CT molecular complexity index is 188. The normalized spacial score (nSPS) is 13.7. The maximum Gasteiger partial charge on any atom is 0.274 e. The molecule has 0 aromatic rings. The number of hydrogen-bond donors (Lipinski definition) is 2. The fourth-order valence-electron chi connectivity index (χ4n) is 1.25. The van der Waals surface area contributed by atoms with Crippen LogP contribution in [0.25, 0.3) is 0 Å². The van der Waals surface area contributed by atoms with Crippen LogP contribution in [-0.4, -0.2) is 22.8 Å². The quantitative estimate of drug-likeness (QED) is 0.507. The van der Waals surface area contributed by atoms with Crippen molar-refractivity contribution in [1.29, 1.82) is 0 Å². The van der Waals surface area contributed by atoms with Gasteiger partial charge in [0.25, 0.3) is 5.97 Å². The van der Waals surface area contributed by atoms with Crippen LogP contribution >= 0.6 is 0 Å². The van der Waals surface area contributed by atoms with Crippen molar-refractivity contribution in [3.05, 3.63) is 11.6 Å². The number of aliphatic hydroxyl groups is 2. The molecule has 1 atom stereocenters. The van der Waals surface area contributed by atoms with Gasteiger partial charge in [0.05, 0.1) is 6.61 Å². The van der Waals surface area contributed by atoms with Crippen LogP contribution in [0.1, 0.15) is 47.0 Å². The lowest BCUT2D eigenvalue weighted by molar-refractivity contribution is -0.325. The molecule has 0 aliphatic heterocycles. The first-order chi connectivity index (χ1) is 6.81. The summed E-state index contributed by atoms with van der Waals surface area (Å²) in [5.74, 6) is -1.44. The van der Waals surface area contributed by atoms with Gasteiger partial charge in [-0.3, -0.25) is 0 Å². The molecule has 0 aromatic heterocycles. The monoisotopic (exact) mass is 216 g/mol. The van der Waals surface area contributed by atoms with E-state index in [9.17, 15) is 0 Å². The summed E-state index contributed by atoms with van der Waals surface area (Å²) in [6.07, 6.45) is 5.27. The van der Waals surface area contributed by atoms with Gasteiger partial charge in [0, 0.05) is 6.92 Å². The van der Waals surface area contributed by atoms with Crippen LogP contribution in [0.2, 0.25) is 0 Å². The molecule has 3 heteroatoms. The van der Waals surface area contributed by atoms with Crippen LogP contribution in [0.5, 0.6) is 0 Å². The molecule has 0 aliphatic carbocycles. The van der Waals surface area contributed by atoms with E-state index < -0.39 is 5.97 Å². The molecule has 0 rings (SSSR count). The topological polar surface area (TPSA) is 49.7 Å². The summed E-state index contributed by atoms with van der Waals surface area (Å²) >= 11 is 0. The highest BCUT2D eigenvalue weighted by atomic mass is 16.8. The summed E-state index contributed by atoms with van der Waals surface area (Å²) in [7, 11) is 0. The molecule has 0 spiro atoms. The molecule has 2 N–H and O–H groups in total. The largest absolute Gasteiger partial charge is 0.344 e. The second-order valence-electron chi connectivity index (χ2n) is 4.54. The van der Waals surface area contributed by atoms with Crippen LogP contribution < -0.4 is 0 Å². The molecule has 90 valence electrons. The van der Waals surface area contributed by atoms with Crippen LogP contribution in [0.4, 0.5) is 0 Å². The highest BCUT2D eigenvalue weighted by Gasteiger charge is 2.15. The van der Waals surface area contributed by atoms with E-state index >= 15 is 0 Å². The lowest BCUT2D eigenvalue weighted by atomic mass is 10.0. The molecule has 0 heterocycles. The average molecular weight is 216 g/mol. The molecule has 15 heavy (non-hydrogen) atoms. The minimum atomic E-state index is -1.99. The Morgan fingerprint density at radius 1 is 1.33 bits per heavy atom. The summed E-state index contributed by atoms with van der Waals surface area (Å²) < 4.78 is 4.82. The number of ether oxygens (including phenoxy) is 1. The maximum absolute atomic E-state index is 8.90. The van der Waals surface area contributed by atoms with Crippen LogP contribution in [0.15, 0.2) is 11.6 Å². The molecule has 1 unspecified atom stereocenters. The van der Waals surface area contributed by atoms with Gasteiger partial charge in [-0.15, -0.1) is 0 Å². The molecule has 0 aromatic carbocycles. The number of hydrogen-bond acceptors (Lipinski definition) is 3. The van der Waals surface area contributed by atoms with E-state index in [2.05, 4.69) is 26.8 Å². The highest BCUT2D eigenvalue weighted by molar-refractivity contribution is 4.92. The van der Waals surface area contributed by atoms with E-state index in [1.807, 2.05) is 0 Å². The Balaban J connectivity index is 3.50. The SMILES string of the molecule is CC(C)=CCCC(C)CCOC(C)(O)O. The van der Waals surface area contributed by atoms with Gasteiger partial charge in [-0.1, -0.05) is 18.6 Å². The number of rotatable bonds is 7. The molecule has 0 fully saturated rings. The zero-order valence-electron chi connectivity index (χ0n) is 10.3. The lowest BCUT2D eigenvalue weighted by Crippen LogP contribution is -2.28. The summed E-state index contributed by atoms with van der Waals surface area (Å²) in [5.41, 5.74) is 1.34. The van der Waals surface area contributed by atoms with Crippen molar-refractivity contribution in [2.45, 2.75) is 52.9 Å². The highest BCUT2D eigenvalue weighted by Crippen LogP contribution is 2.13. The molecule has 0 bridgehead atoms. The van der Waals surface area contributed by atoms with Gasteiger partial charge in [0.15, 0.2) is 0 Å². The molecular formula is C12H24O3. The maximum atomic E-state index is 8.90. The summed E-state index contributed by atoms with van der Waals surface area (Å²) in [4.78, 5) is 0. The fraction of sp³-hybridized carbons (Fsp3) is 0.833. The van der Waals surface area contributed by atoms with Crippen molar-refractivity contribution in [1.82, 2.24) is 0 Å². The zero-order chi connectivity index (χ0) is 11.9. The van der Waals surface area contributed by atoms with Crippen LogP contribution in [0, 0.1) is 5.92 Å². The van der Waals surface area contributed by atoms with Crippen molar-refractivity contribution in [2.24, 2.45) is 5.92 Å². The Morgan fingerprint density at radius 2 is 1.93 bits per heavy atom. The van der Waals surface area contributed by atoms with Crippen molar-refractivity contribution in [2.75, 3.05) is 6.61 Å². The predicted molar refractivity (Wildman–Crippen MR) is 61.2 cm³/mol. The van der Waals surface area contributed by atoms with E-state index in [1.165, 1.54) is 12.5 Å². The predicted octanol–water partition coefficient (Wildman–Crippen LogP) is 2.43. The van der Waals surface area contributed by atoms with Crippen molar-refractivity contribution >= 4 is 0 Å². The first-order valence-corrected chi connectivity index (χ1v) is 5.53. The second-order valence-corrected chi connectivity index (χ2v) is 4.54. The molecule has 0 aliphatic rings. The first-order valence-electron chi connectivity index (χ1n) is 5.53. The van der Waals surface area contributed by atoms with Crippen molar-refractivity contribution in [3.63, 3.8) is 0 Å². The Kier molecular flexibility index (Phi) is 6.81. The van der Waals surface area contributed by atoms with Crippen LogP contribution in [-0.2, 0) is 4.74 Å². The minimum Gasteiger partial charge on any atom is -0.344 e. The van der Waals surface area contributed by atoms with E-state index in [-0.39, 0.29) is 0 Å². The standard InChI is InChI=1S/C12H24O3/c1-10(2)6-5-7-11(3)8-9-15-12(4,13)14/h6,11,13-14H,5,7-9H2,1-4H3. The molecule has 3 nitrogen and oxygen atoms in total. The van der Waals surface area contributed by atoms with E-state index in [4.69, 9.17) is 14.9 Å². The van der Waals surface area contributed by atoms with E-state index in [1.54, 1.807) is 0 Å². The molecular weight excluding hydrogens is 192 g/mol. The van der Waals surface area contributed by atoms with Gasteiger partial charge < -0.3 is 14.9 Å². The van der Waals surface area contributed by atoms with Crippen LogP contribution in [0.3, 0.4) is 0 Å². The molecule has 0 amide bonds. The van der Waals surface area contributed by atoms with Gasteiger partial charge in [-0.2, -0.15) is 0 Å². The Labute approximate surface area is 92.8 Å². The average Bonchev–Trinajstić information content (AvgIpc) is 2.00. The Hall–Kier alpha value is -0.380.